The van der Waals surface area contributed by atoms with Gasteiger partial charge in [-0.15, -0.1) is 0 Å². The van der Waals surface area contributed by atoms with Crippen LogP contribution in [0, 0.1) is 0 Å². The van der Waals surface area contributed by atoms with E-state index in [4.69, 9.17) is 4.74 Å². The summed E-state index contributed by atoms with van der Waals surface area (Å²) in [6.07, 6.45) is 5.87. The van der Waals surface area contributed by atoms with Crippen LogP contribution in [-0.2, 0) is 0 Å². The van der Waals surface area contributed by atoms with Gasteiger partial charge in [0.05, 0.1) is 18.6 Å². The minimum atomic E-state index is -0.955. The molecule has 2 heterocycles. The molecule has 1 aliphatic heterocycles. The molecule has 0 spiro atoms. The third-order valence-electron chi connectivity index (χ3n) is 3.89. The van der Waals surface area contributed by atoms with Crippen molar-refractivity contribution >= 4 is 5.97 Å². The van der Waals surface area contributed by atoms with E-state index in [1.165, 1.54) is 6.20 Å². The van der Waals surface area contributed by atoms with Crippen molar-refractivity contribution in [2.45, 2.75) is 38.3 Å². The van der Waals surface area contributed by atoms with Gasteiger partial charge >= 0.3 is 5.97 Å². The normalized spacial score (nSPS) is 20.6. The SMILES string of the molecule is CCC[C@H]1C[C@@H](n2cncc2C(=O)O)c2ccccc2O1. The van der Waals surface area contributed by atoms with Gasteiger partial charge in [0.25, 0.3) is 0 Å². The van der Waals surface area contributed by atoms with Gasteiger partial charge in [-0.05, 0) is 12.5 Å². The summed E-state index contributed by atoms with van der Waals surface area (Å²) < 4.78 is 7.76. The van der Waals surface area contributed by atoms with Crippen molar-refractivity contribution in [3.05, 3.63) is 48.0 Å². The van der Waals surface area contributed by atoms with Crippen molar-refractivity contribution in [1.82, 2.24) is 9.55 Å². The largest absolute Gasteiger partial charge is 0.490 e. The fourth-order valence-electron chi connectivity index (χ4n) is 2.95. The second-order valence-corrected chi connectivity index (χ2v) is 5.31. The second kappa shape index (κ2) is 5.60. The zero-order valence-electron chi connectivity index (χ0n) is 11.9. The van der Waals surface area contributed by atoms with E-state index < -0.39 is 5.97 Å². The molecular formula is C16H18N2O3. The molecule has 0 fully saturated rings. The average molecular weight is 286 g/mol. The van der Waals surface area contributed by atoms with Gasteiger partial charge in [0, 0.05) is 12.0 Å². The lowest BCUT2D eigenvalue weighted by molar-refractivity contribution is 0.0678. The second-order valence-electron chi connectivity index (χ2n) is 5.31. The summed E-state index contributed by atoms with van der Waals surface area (Å²) in [5.74, 6) is -0.110. The van der Waals surface area contributed by atoms with E-state index >= 15 is 0 Å². The topological polar surface area (TPSA) is 64.4 Å². The molecule has 0 radical (unpaired) electrons. The molecule has 5 heteroatoms. The standard InChI is InChI=1S/C16H18N2O3/c1-2-5-11-8-13(12-6-3-4-7-15(12)21-11)18-10-17-9-14(18)16(19)20/h3-4,6-7,9-11,13H,2,5,8H2,1H3,(H,19,20)/t11-,13+/m0/s1. The van der Waals surface area contributed by atoms with E-state index in [1.807, 2.05) is 24.3 Å². The summed E-state index contributed by atoms with van der Waals surface area (Å²) in [4.78, 5) is 15.4. The zero-order valence-corrected chi connectivity index (χ0v) is 11.9. The molecule has 110 valence electrons. The molecule has 2 aromatic rings. The van der Waals surface area contributed by atoms with Crippen molar-refractivity contribution in [2.24, 2.45) is 0 Å². The number of benzene rings is 1. The fourth-order valence-corrected chi connectivity index (χ4v) is 2.95. The Morgan fingerprint density at radius 1 is 1.48 bits per heavy atom. The minimum Gasteiger partial charge on any atom is -0.490 e. The Morgan fingerprint density at radius 2 is 2.29 bits per heavy atom. The first kappa shape index (κ1) is 13.7. The highest BCUT2D eigenvalue weighted by molar-refractivity contribution is 5.85. The van der Waals surface area contributed by atoms with Crippen LogP contribution in [0.5, 0.6) is 5.75 Å². The molecule has 3 rings (SSSR count). The number of imidazole rings is 1. The van der Waals surface area contributed by atoms with Gasteiger partial charge < -0.3 is 14.4 Å². The molecule has 0 unspecified atom stereocenters. The van der Waals surface area contributed by atoms with Gasteiger partial charge in [-0.2, -0.15) is 0 Å². The molecule has 0 saturated carbocycles. The number of carbonyl (C=O) groups is 1. The first-order valence-electron chi connectivity index (χ1n) is 7.21. The molecular weight excluding hydrogens is 268 g/mol. The highest BCUT2D eigenvalue weighted by Crippen LogP contribution is 2.38. The van der Waals surface area contributed by atoms with Gasteiger partial charge in [0.15, 0.2) is 0 Å². The number of hydrogen-bond donors (Lipinski definition) is 1. The predicted molar refractivity (Wildman–Crippen MR) is 77.7 cm³/mol. The quantitative estimate of drug-likeness (QED) is 0.938. The minimum absolute atomic E-state index is 0.0416. The van der Waals surface area contributed by atoms with E-state index in [0.29, 0.717) is 0 Å². The highest BCUT2D eigenvalue weighted by Gasteiger charge is 2.30. The average Bonchev–Trinajstić information content (AvgIpc) is 2.96. The van der Waals surface area contributed by atoms with E-state index in [0.717, 1.165) is 30.6 Å². The summed E-state index contributed by atoms with van der Waals surface area (Å²) >= 11 is 0. The van der Waals surface area contributed by atoms with Gasteiger partial charge in [0.2, 0.25) is 0 Å². The van der Waals surface area contributed by atoms with Crippen LogP contribution in [0.2, 0.25) is 0 Å². The lowest BCUT2D eigenvalue weighted by atomic mass is 9.94. The molecule has 1 aromatic carbocycles. The number of carboxylic acids is 1. The maximum absolute atomic E-state index is 11.4. The number of para-hydroxylation sites is 1. The van der Waals surface area contributed by atoms with Crippen LogP contribution >= 0.6 is 0 Å². The molecule has 1 aromatic heterocycles. The monoisotopic (exact) mass is 286 g/mol. The summed E-state index contributed by atoms with van der Waals surface area (Å²) in [7, 11) is 0. The van der Waals surface area contributed by atoms with Crippen LogP contribution < -0.4 is 4.74 Å². The molecule has 2 atom stereocenters. The Labute approximate surface area is 123 Å². The number of aromatic nitrogens is 2. The van der Waals surface area contributed by atoms with Crippen LogP contribution in [0.1, 0.15) is 48.3 Å². The van der Waals surface area contributed by atoms with E-state index in [9.17, 15) is 9.90 Å². The van der Waals surface area contributed by atoms with Gasteiger partial charge in [-0.1, -0.05) is 31.5 Å². The molecule has 0 saturated heterocycles. The first-order chi connectivity index (χ1) is 10.2. The summed E-state index contributed by atoms with van der Waals surface area (Å²) in [6.45, 7) is 2.12. The first-order valence-corrected chi connectivity index (χ1v) is 7.21. The van der Waals surface area contributed by atoms with Crippen molar-refractivity contribution in [3.8, 4) is 5.75 Å². The smallest absolute Gasteiger partial charge is 0.354 e. The van der Waals surface area contributed by atoms with Crippen LogP contribution in [0.4, 0.5) is 0 Å². The molecule has 1 aliphatic rings. The highest BCUT2D eigenvalue weighted by atomic mass is 16.5. The summed E-state index contributed by atoms with van der Waals surface area (Å²) in [6, 6.07) is 7.79. The Morgan fingerprint density at radius 3 is 3.05 bits per heavy atom. The summed E-state index contributed by atoms with van der Waals surface area (Å²) in [5, 5.41) is 9.31. The third-order valence-corrected chi connectivity index (χ3v) is 3.89. The number of rotatable bonds is 4. The Kier molecular flexibility index (Phi) is 3.64. The van der Waals surface area contributed by atoms with Crippen LogP contribution in [0.3, 0.4) is 0 Å². The van der Waals surface area contributed by atoms with Crippen LogP contribution in [0.25, 0.3) is 0 Å². The molecule has 21 heavy (non-hydrogen) atoms. The van der Waals surface area contributed by atoms with Crippen molar-refractivity contribution in [1.29, 1.82) is 0 Å². The summed E-state index contributed by atoms with van der Waals surface area (Å²) in [5.41, 5.74) is 1.23. The lowest BCUT2D eigenvalue weighted by Gasteiger charge is -2.33. The molecule has 0 amide bonds. The number of fused-ring (bicyclic) bond motifs is 1. The van der Waals surface area contributed by atoms with E-state index in [2.05, 4.69) is 11.9 Å². The Bertz CT molecular complexity index is 650. The fraction of sp³-hybridized carbons (Fsp3) is 0.375. The zero-order chi connectivity index (χ0) is 14.8. The molecule has 1 N–H and O–H groups in total. The van der Waals surface area contributed by atoms with Crippen LogP contribution in [-0.4, -0.2) is 26.7 Å². The van der Waals surface area contributed by atoms with Gasteiger partial charge in [-0.3, -0.25) is 0 Å². The number of hydrogen-bond acceptors (Lipinski definition) is 3. The maximum atomic E-state index is 11.4. The number of carboxylic acid groups (broad SMARTS) is 1. The Hall–Kier alpha value is -2.30. The van der Waals surface area contributed by atoms with Gasteiger partial charge in [-0.25, -0.2) is 9.78 Å². The predicted octanol–water partition coefficient (Wildman–Crippen LogP) is 3.12. The maximum Gasteiger partial charge on any atom is 0.354 e. The number of nitrogens with zero attached hydrogens (tertiary/aromatic N) is 2. The van der Waals surface area contributed by atoms with E-state index in [-0.39, 0.29) is 17.8 Å². The van der Waals surface area contributed by atoms with Crippen LogP contribution in [0.15, 0.2) is 36.8 Å². The lowest BCUT2D eigenvalue weighted by Crippen LogP contribution is -2.29. The number of aromatic carboxylic acids is 1. The molecule has 5 nitrogen and oxygen atoms in total. The van der Waals surface area contributed by atoms with Crippen molar-refractivity contribution in [2.75, 3.05) is 0 Å². The van der Waals surface area contributed by atoms with Crippen molar-refractivity contribution < 1.29 is 14.6 Å². The molecule has 0 aliphatic carbocycles. The molecule has 0 bridgehead atoms. The van der Waals surface area contributed by atoms with Crippen molar-refractivity contribution in [3.63, 3.8) is 0 Å². The van der Waals surface area contributed by atoms with Gasteiger partial charge in [0.1, 0.15) is 17.5 Å². The third kappa shape index (κ3) is 2.51. The Balaban J connectivity index is 2.03. The van der Waals surface area contributed by atoms with E-state index in [1.54, 1.807) is 10.9 Å². The number of ether oxygens (including phenoxy) is 1.